The van der Waals surface area contributed by atoms with Crippen LogP contribution in [0.1, 0.15) is 38.1 Å². The summed E-state index contributed by atoms with van der Waals surface area (Å²) >= 11 is 0. The van der Waals surface area contributed by atoms with E-state index >= 15 is 0 Å². The third-order valence-corrected chi connectivity index (χ3v) is 5.54. The van der Waals surface area contributed by atoms with E-state index in [0.29, 0.717) is 17.0 Å². The van der Waals surface area contributed by atoms with E-state index in [4.69, 9.17) is 9.31 Å². The molecular weight excluding hydrogens is 351 g/mol. The van der Waals surface area contributed by atoms with Crippen LogP contribution in [0.15, 0.2) is 66.9 Å². The third-order valence-electron chi connectivity index (χ3n) is 5.54. The quantitative estimate of drug-likeness (QED) is 0.658. The van der Waals surface area contributed by atoms with Gasteiger partial charge >= 0.3 is 7.12 Å². The molecule has 142 valence electrons. The first-order valence-corrected chi connectivity index (χ1v) is 9.39. The van der Waals surface area contributed by atoms with Gasteiger partial charge in [-0.25, -0.2) is 4.98 Å². The first-order chi connectivity index (χ1) is 13.3. The number of imidazole rings is 1. The summed E-state index contributed by atoms with van der Waals surface area (Å²) < 4.78 is 14.0. The largest absolute Gasteiger partial charge is 0.514 e. The summed E-state index contributed by atoms with van der Waals surface area (Å²) in [7, 11) is -0.678. The molecule has 6 heteroatoms. The molecule has 3 aromatic rings. The van der Waals surface area contributed by atoms with Gasteiger partial charge in [-0.3, -0.25) is 9.36 Å². The molecule has 5 nitrogen and oxygen atoms in total. The summed E-state index contributed by atoms with van der Waals surface area (Å²) in [5.74, 6) is 0.404. The molecule has 1 fully saturated rings. The van der Waals surface area contributed by atoms with Crippen molar-refractivity contribution in [2.45, 2.75) is 38.9 Å². The molecule has 1 aliphatic rings. The van der Waals surface area contributed by atoms with Gasteiger partial charge in [-0.15, -0.1) is 0 Å². The van der Waals surface area contributed by atoms with E-state index in [1.807, 2.05) is 76.2 Å². The van der Waals surface area contributed by atoms with E-state index in [-0.39, 0.29) is 5.91 Å². The van der Waals surface area contributed by atoms with Crippen LogP contribution >= 0.6 is 0 Å². The molecular formula is C22H23BN2O3. The number of hydrogen-bond donors (Lipinski definition) is 0. The van der Waals surface area contributed by atoms with Gasteiger partial charge < -0.3 is 9.31 Å². The lowest BCUT2D eigenvalue weighted by atomic mass is 9.85. The molecule has 0 spiro atoms. The first-order valence-electron chi connectivity index (χ1n) is 9.39. The number of aromatic nitrogens is 2. The fourth-order valence-corrected chi connectivity index (χ4v) is 3.21. The van der Waals surface area contributed by atoms with Crippen LogP contribution in [0.2, 0.25) is 0 Å². The summed E-state index contributed by atoms with van der Waals surface area (Å²) in [6, 6.07) is 18.8. The van der Waals surface area contributed by atoms with Gasteiger partial charge in [0, 0.05) is 17.3 Å². The Kier molecular flexibility index (Phi) is 4.48. The Morgan fingerprint density at radius 2 is 1.43 bits per heavy atom. The second kappa shape index (κ2) is 6.72. The zero-order chi connectivity index (χ0) is 19.9. The van der Waals surface area contributed by atoms with Gasteiger partial charge in [0.2, 0.25) is 0 Å². The van der Waals surface area contributed by atoms with Gasteiger partial charge in [0.25, 0.3) is 5.91 Å². The highest BCUT2D eigenvalue weighted by molar-refractivity contribution is 6.62. The molecule has 4 rings (SSSR count). The predicted molar refractivity (Wildman–Crippen MR) is 110 cm³/mol. The van der Waals surface area contributed by atoms with Crippen molar-refractivity contribution >= 4 is 18.6 Å². The molecule has 1 saturated heterocycles. The summed E-state index contributed by atoms with van der Waals surface area (Å²) in [5, 5.41) is 0. The number of nitrogens with zero attached hydrogens (tertiary/aromatic N) is 2. The van der Waals surface area contributed by atoms with Crippen LogP contribution in [0.3, 0.4) is 0 Å². The molecule has 0 bridgehead atoms. The molecule has 0 amide bonds. The smallest absolute Gasteiger partial charge is 0.398 e. The maximum absolute atomic E-state index is 13.4. The van der Waals surface area contributed by atoms with Gasteiger partial charge in [-0.2, -0.15) is 0 Å². The van der Waals surface area contributed by atoms with Gasteiger partial charge in [0.1, 0.15) is 5.82 Å². The molecule has 0 saturated carbocycles. The number of rotatable bonds is 3. The molecule has 0 N–H and O–H groups in total. The molecule has 1 aliphatic heterocycles. The molecule has 2 heterocycles. The van der Waals surface area contributed by atoms with Crippen molar-refractivity contribution in [3.05, 3.63) is 72.4 Å². The Hall–Kier alpha value is -2.70. The van der Waals surface area contributed by atoms with Crippen molar-refractivity contribution in [1.82, 2.24) is 9.55 Å². The van der Waals surface area contributed by atoms with Crippen molar-refractivity contribution in [3.63, 3.8) is 0 Å². The molecule has 1 aromatic heterocycles. The Morgan fingerprint density at radius 1 is 0.893 bits per heavy atom. The molecule has 0 unspecified atom stereocenters. The van der Waals surface area contributed by atoms with E-state index < -0.39 is 18.3 Å². The zero-order valence-corrected chi connectivity index (χ0v) is 16.5. The van der Waals surface area contributed by atoms with Crippen LogP contribution in [0.25, 0.3) is 11.4 Å². The van der Waals surface area contributed by atoms with Crippen LogP contribution < -0.4 is 5.59 Å². The van der Waals surface area contributed by atoms with Crippen molar-refractivity contribution in [2.75, 3.05) is 0 Å². The maximum Gasteiger partial charge on any atom is 0.514 e. The standard InChI is InChI=1S/C22H23BN2O3/c1-21(2)22(3,4)28-23(27-21)18-15-24-19(16-11-7-5-8-12-16)25(18)20(26)17-13-9-6-10-14-17/h5-15H,1-4H3. The first kappa shape index (κ1) is 18.7. The minimum atomic E-state index is -0.678. The summed E-state index contributed by atoms with van der Waals surface area (Å²) in [4.78, 5) is 18.0. The van der Waals surface area contributed by atoms with Crippen LogP contribution in [-0.4, -0.2) is 33.8 Å². The SMILES string of the molecule is CC1(C)OB(c2cnc(-c3ccccc3)n2C(=O)c2ccccc2)OC1(C)C. The van der Waals surface area contributed by atoms with Crippen LogP contribution in [0.4, 0.5) is 0 Å². The number of carbonyl (C=O) groups is 1. The van der Waals surface area contributed by atoms with Crippen LogP contribution in [0.5, 0.6) is 0 Å². The van der Waals surface area contributed by atoms with Crippen molar-refractivity contribution in [2.24, 2.45) is 0 Å². The minimum absolute atomic E-state index is 0.165. The highest BCUT2D eigenvalue weighted by Crippen LogP contribution is 2.36. The average Bonchev–Trinajstić information content (AvgIpc) is 3.21. The van der Waals surface area contributed by atoms with Gasteiger partial charge in [0.05, 0.1) is 16.8 Å². The van der Waals surface area contributed by atoms with Crippen LogP contribution in [-0.2, 0) is 9.31 Å². The van der Waals surface area contributed by atoms with E-state index in [2.05, 4.69) is 4.98 Å². The molecule has 28 heavy (non-hydrogen) atoms. The second-order valence-electron chi connectivity index (χ2n) is 7.97. The topological polar surface area (TPSA) is 53.4 Å². The summed E-state index contributed by atoms with van der Waals surface area (Å²) in [5.41, 5.74) is 1.02. The van der Waals surface area contributed by atoms with Gasteiger partial charge in [0.15, 0.2) is 0 Å². The lowest BCUT2D eigenvalue weighted by molar-refractivity contribution is 0.00578. The van der Waals surface area contributed by atoms with E-state index in [1.54, 1.807) is 22.9 Å². The van der Waals surface area contributed by atoms with Gasteiger partial charge in [-0.05, 0) is 39.8 Å². The predicted octanol–water partition coefficient (Wildman–Crippen LogP) is 3.54. The highest BCUT2D eigenvalue weighted by Gasteiger charge is 2.53. The fraction of sp³-hybridized carbons (Fsp3) is 0.273. The lowest BCUT2D eigenvalue weighted by Crippen LogP contribution is -2.41. The van der Waals surface area contributed by atoms with Gasteiger partial charge in [-0.1, -0.05) is 48.5 Å². The molecule has 0 aliphatic carbocycles. The zero-order valence-electron chi connectivity index (χ0n) is 16.5. The number of hydrogen-bond acceptors (Lipinski definition) is 4. The third kappa shape index (κ3) is 3.09. The number of benzene rings is 2. The monoisotopic (exact) mass is 374 g/mol. The molecule has 2 aromatic carbocycles. The van der Waals surface area contributed by atoms with Crippen LogP contribution in [0, 0.1) is 0 Å². The summed E-state index contributed by atoms with van der Waals surface area (Å²) in [6.07, 6.45) is 1.67. The Labute approximate surface area is 165 Å². The highest BCUT2D eigenvalue weighted by atomic mass is 16.7. The van der Waals surface area contributed by atoms with Crippen molar-refractivity contribution < 1.29 is 14.1 Å². The molecule has 0 atom stereocenters. The second-order valence-corrected chi connectivity index (χ2v) is 7.97. The molecule has 0 radical (unpaired) electrons. The fourth-order valence-electron chi connectivity index (χ4n) is 3.21. The Morgan fingerprint density at radius 3 is 2.00 bits per heavy atom. The summed E-state index contributed by atoms with van der Waals surface area (Å²) in [6.45, 7) is 7.96. The number of carbonyl (C=O) groups excluding carboxylic acids is 1. The normalized spacial score (nSPS) is 17.6. The average molecular weight is 374 g/mol. The van der Waals surface area contributed by atoms with Crippen molar-refractivity contribution in [3.8, 4) is 11.4 Å². The van der Waals surface area contributed by atoms with E-state index in [0.717, 1.165) is 5.56 Å². The minimum Gasteiger partial charge on any atom is -0.398 e. The lowest BCUT2D eigenvalue weighted by Gasteiger charge is -2.32. The maximum atomic E-state index is 13.4. The van der Waals surface area contributed by atoms with E-state index in [1.165, 1.54) is 0 Å². The van der Waals surface area contributed by atoms with Crippen molar-refractivity contribution in [1.29, 1.82) is 0 Å². The Balaban J connectivity index is 1.84. The Bertz CT molecular complexity index is 981. The van der Waals surface area contributed by atoms with E-state index in [9.17, 15) is 4.79 Å².